The predicted molar refractivity (Wildman–Crippen MR) is 111 cm³/mol. The van der Waals surface area contributed by atoms with E-state index in [1.807, 2.05) is 11.1 Å². The molecule has 0 radical (unpaired) electrons. The zero-order valence-electron chi connectivity index (χ0n) is 17.0. The van der Waals surface area contributed by atoms with E-state index in [0.717, 1.165) is 48.2 Å². The van der Waals surface area contributed by atoms with Gasteiger partial charge in [0.1, 0.15) is 0 Å². The smallest absolute Gasteiger partial charge is 0.239 e. The largest absolute Gasteiger partial charge is 0.339 e. The van der Waals surface area contributed by atoms with E-state index in [4.69, 9.17) is 5.73 Å². The quantitative estimate of drug-likeness (QED) is 0.821. The van der Waals surface area contributed by atoms with Crippen LogP contribution < -0.4 is 5.73 Å². The fourth-order valence-electron chi connectivity index (χ4n) is 4.67. The first kappa shape index (κ1) is 19.4. The van der Waals surface area contributed by atoms with Crippen LogP contribution in [0.2, 0.25) is 0 Å². The minimum Gasteiger partial charge on any atom is -0.339 e. The SMILES string of the molecule is Cc1cc(C[C@@H](N)C(=O)N2CCN(C3CCN(C)CC3)CC2)cc2cn[nH]c12. The number of nitrogens with one attached hydrogen (secondary N) is 1. The molecule has 3 N–H and O–H groups in total. The number of piperidine rings is 1. The molecule has 28 heavy (non-hydrogen) atoms. The summed E-state index contributed by atoms with van der Waals surface area (Å²) in [6.07, 6.45) is 4.86. The van der Waals surface area contributed by atoms with E-state index in [9.17, 15) is 4.79 Å². The number of likely N-dealkylation sites (tertiary alicyclic amines) is 1. The first-order valence-corrected chi connectivity index (χ1v) is 10.4. The molecule has 2 saturated heterocycles. The number of fused-ring (bicyclic) bond motifs is 1. The zero-order chi connectivity index (χ0) is 19.7. The van der Waals surface area contributed by atoms with Crippen molar-refractivity contribution in [1.82, 2.24) is 24.9 Å². The van der Waals surface area contributed by atoms with Crippen LogP contribution in [0.4, 0.5) is 0 Å². The molecule has 1 amide bonds. The molecule has 152 valence electrons. The maximum absolute atomic E-state index is 12.9. The van der Waals surface area contributed by atoms with Crippen LogP contribution in [-0.2, 0) is 11.2 Å². The third kappa shape index (κ3) is 4.06. The Kier molecular flexibility index (Phi) is 5.66. The maximum atomic E-state index is 12.9. The van der Waals surface area contributed by atoms with Crippen molar-refractivity contribution in [1.29, 1.82) is 0 Å². The number of carbonyl (C=O) groups is 1. The lowest BCUT2D eigenvalue weighted by Crippen LogP contribution is -2.56. The molecule has 7 heteroatoms. The normalized spacial score (nSPS) is 21.3. The van der Waals surface area contributed by atoms with Gasteiger partial charge in [-0.3, -0.25) is 14.8 Å². The van der Waals surface area contributed by atoms with Crippen LogP contribution in [0.3, 0.4) is 0 Å². The van der Waals surface area contributed by atoms with Crippen LogP contribution in [0.5, 0.6) is 0 Å². The van der Waals surface area contributed by atoms with E-state index in [2.05, 4.69) is 46.1 Å². The van der Waals surface area contributed by atoms with Gasteiger partial charge in [-0.25, -0.2) is 0 Å². The van der Waals surface area contributed by atoms with Gasteiger partial charge >= 0.3 is 0 Å². The second-order valence-corrected chi connectivity index (χ2v) is 8.45. The Bertz CT molecular complexity index is 817. The Morgan fingerprint density at radius 1 is 1.21 bits per heavy atom. The monoisotopic (exact) mass is 384 g/mol. The number of aromatic amines is 1. The van der Waals surface area contributed by atoms with Gasteiger partial charge in [-0.05, 0) is 63.5 Å². The summed E-state index contributed by atoms with van der Waals surface area (Å²) >= 11 is 0. The molecule has 0 spiro atoms. The standard InChI is InChI=1S/C21H32N6O/c1-15-11-16(12-17-14-23-24-20(15)17)13-19(22)21(28)27-9-7-26(8-10-27)18-3-5-25(2)6-4-18/h11-12,14,18-19H,3-10,13,22H2,1-2H3,(H,23,24)/t19-/m1/s1. The van der Waals surface area contributed by atoms with Crippen molar-refractivity contribution in [3.63, 3.8) is 0 Å². The molecule has 2 aliphatic rings. The third-order valence-corrected chi connectivity index (χ3v) is 6.41. The van der Waals surface area contributed by atoms with Gasteiger partial charge in [-0.15, -0.1) is 0 Å². The second kappa shape index (κ2) is 8.19. The van der Waals surface area contributed by atoms with E-state index in [0.29, 0.717) is 12.5 Å². The summed E-state index contributed by atoms with van der Waals surface area (Å²) in [5.74, 6) is 0.0768. The molecule has 2 aliphatic heterocycles. The highest BCUT2D eigenvalue weighted by Crippen LogP contribution is 2.20. The molecule has 1 aromatic carbocycles. The highest BCUT2D eigenvalue weighted by Gasteiger charge is 2.29. The fraction of sp³-hybridized carbons (Fsp3) is 0.619. The van der Waals surface area contributed by atoms with E-state index < -0.39 is 6.04 Å². The number of aromatic nitrogens is 2. The molecule has 0 saturated carbocycles. The van der Waals surface area contributed by atoms with E-state index in [1.54, 1.807) is 0 Å². The molecular formula is C21H32N6O. The summed E-state index contributed by atoms with van der Waals surface area (Å²) < 4.78 is 0. The van der Waals surface area contributed by atoms with E-state index >= 15 is 0 Å². The molecule has 0 unspecified atom stereocenters. The number of amides is 1. The minimum absolute atomic E-state index is 0.0768. The lowest BCUT2D eigenvalue weighted by molar-refractivity contribution is -0.134. The molecule has 3 heterocycles. The van der Waals surface area contributed by atoms with E-state index in [-0.39, 0.29) is 5.91 Å². The molecule has 0 aliphatic carbocycles. The van der Waals surface area contributed by atoms with Crippen molar-refractivity contribution in [2.24, 2.45) is 5.73 Å². The summed E-state index contributed by atoms with van der Waals surface area (Å²) in [6, 6.07) is 4.37. The highest BCUT2D eigenvalue weighted by atomic mass is 16.2. The summed E-state index contributed by atoms with van der Waals surface area (Å²) in [5, 5.41) is 8.19. The van der Waals surface area contributed by atoms with Crippen LogP contribution in [-0.4, -0.2) is 89.2 Å². The fourth-order valence-corrected chi connectivity index (χ4v) is 4.67. The van der Waals surface area contributed by atoms with Crippen LogP contribution in [0.25, 0.3) is 10.9 Å². The Morgan fingerprint density at radius 2 is 1.93 bits per heavy atom. The topological polar surface area (TPSA) is 81.5 Å². The number of benzene rings is 1. The van der Waals surface area contributed by atoms with Crippen molar-refractivity contribution in [3.05, 3.63) is 29.5 Å². The van der Waals surface area contributed by atoms with Crippen molar-refractivity contribution in [2.75, 3.05) is 46.3 Å². The lowest BCUT2D eigenvalue weighted by atomic mass is 10.0. The van der Waals surface area contributed by atoms with Crippen molar-refractivity contribution >= 4 is 16.8 Å². The Hall–Kier alpha value is -1.96. The number of hydrogen-bond acceptors (Lipinski definition) is 5. The van der Waals surface area contributed by atoms with Gasteiger partial charge in [0, 0.05) is 37.6 Å². The predicted octanol–water partition coefficient (Wildman–Crippen LogP) is 0.980. The third-order valence-electron chi connectivity index (χ3n) is 6.41. The molecule has 4 rings (SSSR count). The number of carbonyl (C=O) groups excluding carboxylic acids is 1. The molecular weight excluding hydrogens is 352 g/mol. The van der Waals surface area contributed by atoms with Crippen molar-refractivity contribution in [3.8, 4) is 0 Å². The average Bonchev–Trinajstić information content (AvgIpc) is 3.17. The molecule has 1 aromatic heterocycles. The Labute approximate surface area is 166 Å². The molecule has 7 nitrogen and oxygen atoms in total. The van der Waals surface area contributed by atoms with Crippen molar-refractivity contribution < 1.29 is 4.79 Å². The summed E-state index contributed by atoms with van der Waals surface area (Å²) in [5.41, 5.74) is 9.59. The van der Waals surface area contributed by atoms with Gasteiger partial charge in [-0.2, -0.15) is 5.10 Å². The van der Waals surface area contributed by atoms with Crippen LogP contribution in [0, 0.1) is 6.92 Å². The number of aryl methyl sites for hydroxylation is 1. The Balaban J connectivity index is 1.31. The number of nitrogens with zero attached hydrogens (tertiary/aromatic N) is 4. The lowest BCUT2D eigenvalue weighted by Gasteiger charge is -2.42. The number of hydrogen-bond donors (Lipinski definition) is 2. The highest BCUT2D eigenvalue weighted by molar-refractivity contribution is 5.84. The average molecular weight is 385 g/mol. The Morgan fingerprint density at radius 3 is 2.64 bits per heavy atom. The summed E-state index contributed by atoms with van der Waals surface area (Å²) in [6.45, 7) is 7.92. The van der Waals surface area contributed by atoms with Crippen LogP contribution in [0.15, 0.2) is 18.3 Å². The van der Waals surface area contributed by atoms with Crippen LogP contribution in [0.1, 0.15) is 24.0 Å². The second-order valence-electron chi connectivity index (χ2n) is 8.45. The summed E-state index contributed by atoms with van der Waals surface area (Å²) in [7, 11) is 2.19. The van der Waals surface area contributed by atoms with Gasteiger partial charge in [0.15, 0.2) is 0 Å². The first-order chi connectivity index (χ1) is 13.5. The van der Waals surface area contributed by atoms with Gasteiger partial charge < -0.3 is 15.5 Å². The van der Waals surface area contributed by atoms with Crippen molar-refractivity contribution in [2.45, 2.75) is 38.3 Å². The number of nitrogens with two attached hydrogens (primary N) is 1. The molecule has 0 bridgehead atoms. The van der Waals surface area contributed by atoms with Crippen LogP contribution >= 0.6 is 0 Å². The first-order valence-electron chi connectivity index (χ1n) is 10.4. The molecule has 1 atom stereocenters. The molecule has 2 fully saturated rings. The number of H-pyrrole nitrogens is 1. The van der Waals surface area contributed by atoms with Gasteiger partial charge in [0.2, 0.25) is 5.91 Å². The van der Waals surface area contributed by atoms with Gasteiger partial charge in [0.05, 0.1) is 17.8 Å². The maximum Gasteiger partial charge on any atom is 0.239 e. The number of rotatable bonds is 4. The summed E-state index contributed by atoms with van der Waals surface area (Å²) in [4.78, 5) is 19.8. The van der Waals surface area contributed by atoms with Gasteiger partial charge in [0.25, 0.3) is 0 Å². The van der Waals surface area contributed by atoms with E-state index in [1.165, 1.54) is 25.9 Å². The minimum atomic E-state index is -0.487. The zero-order valence-corrected chi connectivity index (χ0v) is 17.0. The van der Waals surface area contributed by atoms with Gasteiger partial charge in [-0.1, -0.05) is 6.07 Å². The number of piperazine rings is 1. The molecule has 2 aromatic rings.